The van der Waals surface area contributed by atoms with E-state index in [4.69, 9.17) is 15.2 Å². The van der Waals surface area contributed by atoms with Crippen molar-refractivity contribution in [2.75, 3.05) is 20.8 Å². The van der Waals surface area contributed by atoms with Crippen LogP contribution < -0.4 is 5.73 Å². The van der Waals surface area contributed by atoms with E-state index in [0.717, 1.165) is 5.69 Å². The molecule has 0 aliphatic heterocycles. The van der Waals surface area contributed by atoms with Crippen molar-refractivity contribution < 1.29 is 9.47 Å². The lowest BCUT2D eigenvalue weighted by atomic mass is 10.2. The maximum Gasteiger partial charge on any atom is 0.200 e. The summed E-state index contributed by atoms with van der Waals surface area (Å²) in [5.41, 5.74) is 6.76. The van der Waals surface area contributed by atoms with Gasteiger partial charge >= 0.3 is 0 Å². The summed E-state index contributed by atoms with van der Waals surface area (Å²) in [6.07, 6.45) is 5.74. The van der Waals surface area contributed by atoms with Gasteiger partial charge in [-0.1, -0.05) is 0 Å². The molecule has 1 aliphatic carbocycles. The summed E-state index contributed by atoms with van der Waals surface area (Å²) in [6, 6.07) is 0.324. The van der Waals surface area contributed by atoms with Crippen LogP contribution in [0.2, 0.25) is 0 Å². The molecule has 0 amide bonds. The second-order valence-electron chi connectivity index (χ2n) is 4.17. The first kappa shape index (κ1) is 11.6. The minimum Gasteiger partial charge on any atom is -0.350 e. The number of nitrogens with two attached hydrogens (primary N) is 1. The topological polar surface area (TPSA) is 62.3 Å². The summed E-state index contributed by atoms with van der Waals surface area (Å²) in [5, 5.41) is 0. The van der Waals surface area contributed by atoms with Gasteiger partial charge in [-0.15, -0.1) is 0 Å². The molecule has 1 heterocycles. The van der Waals surface area contributed by atoms with E-state index in [1.165, 1.54) is 12.8 Å². The zero-order valence-electron chi connectivity index (χ0n) is 9.80. The van der Waals surface area contributed by atoms with Crippen molar-refractivity contribution in [1.29, 1.82) is 0 Å². The van der Waals surface area contributed by atoms with Gasteiger partial charge in [0.05, 0.1) is 24.3 Å². The highest BCUT2D eigenvalue weighted by atomic mass is 16.7. The molecule has 0 saturated heterocycles. The molecule has 0 spiro atoms. The average Bonchev–Trinajstić information content (AvgIpc) is 3.02. The Morgan fingerprint density at radius 1 is 1.50 bits per heavy atom. The smallest absolute Gasteiger partial charge is 0.200 e. The van der Waals surface area contributed by atoms with Crippen LogP contribution in [-0.2, 0) is 9.47 Å². The summed E-state index contributed by atoms with van der Waals surface area (Å²) in [5.74, 6) is 0.687. The molecule has 1 aliphatic rings. The van der Waals surface area contributed by atoms with Gasteiger partial charge in [-0.3, -0.25) is 0 Å². The monoisotopic (exact) mass is 225 g/mol. The third-order valence-electron chi connectivity index (χ3n) is 3.13. The summed E-state index contributed by atoms with van der Waals surface area (Å²) in [4.78, 5) is 4.17. The zero-order chi connectivity index (χ0) is 11.5. The molecular weight excluding hydrogens is 206 g/mol. The van der Waals surface area contributed by atoms with Crippen molar-refractivity contribution in [3.8, 4) is 0 Å². The molecule has 5 nitrogen and oxygen atoms in total. The third-order valence-corrected chi connectivity index (χ3v) is 3.13. The first-order valence-electron chi connectivity index (χ1n) is 5.59. The van der Waals surface area contributed by atoms with E-state index in [1.54, 1.807) is 20.4 Å². The van der Waals surface area contributed by atoms with Gasteiger partial charge in [0.15, 0.2) is 6.29 Å². The van der Waals surface area contributed by atoms with E-state index >= 15 is 0 Å². The lowest BCUT2D eigenvalue weighted by Crippen LogP contribution is -2.23. The van der Waals surface area contributed by atoms with Crippen LogP contribution in [0, 0.1) is 5.92 Å². The highest BCUT2D eigenvalue weighted by Gasteiger charge is 2.33. The number of imidazole rings is 1. The summed E-state index contributed by atoms with van der Waals surface area (Å²) in [7, 11) is 3.25. The summed E-state index contributed by atoms with van der Waals surface area (Å²) >= 11 is 0. The summed E-state index contributed by atoms with van der Waals surface area (Å²) < 4.78 is 12.6. The van der Waals surface area contributed by atoms with Crippen LogP contribution in [0.4, 0.5) is 0 Å². The number of hydrogen-bond donors (Lipinski definition) is 1. The predicted octanol–water partition coefficient (Wildman–Crippen LogP) is 1.08. The number of hydrogen-bond acceptors (Lipinski definition) is 4. The number of aromatic nitrogens is 2. The zero-order valence-corrected chi connectivity index (χ0v) is 9.80. The van der Waals surface area contributed by atoms with Gasteiger partial charge in [-0.2, -0.15) is 0 Å². The number of methoxy groups -OCH3 is 2. The molecule has 0 aromatic carbocycles. The molecule has 0 radical (unpaired) electrons. The Morgan fingerprint density at radius 3 is 2.69 bits per heavy atom. The van der Waals surface area contributed by atoms with Gasteiger partial charge in [-0.05, 0) is 18.8 Å². The fourth-order valence-electron chi connectivity index (χ4n) is 2.13. The standard InChI is InChI=1S/C11H19N3O2/c1-15-11(16-2)10-6-13-7-14(10)9(5-12)8-3-4-8/h6-9,11H,3-5,12H2,1-2H3. The van der Waals surface area contributed by atoms with E-state index in [0.29, 0.717) is 18.5 Å². The fourth-order valence-corrected chi connectivity index (χ4v) is 2.13. The quantitative estimate of drug-likeness (QED) is 0.736. The summed E-state index contributed by atoms with van der Waals surface area (Å²) in [6.45, 7) is 0.633. The minimum absolute atomic E-state index is 0.324. The van der Waals surface area contributed by atoms with E-state index in [2.05, 4.69) is 9.55 Å². The van der Waals surface area contributed by atoms with Crippen LogP contribution in [0.5, 0.6) is 0 Å². The second-order valence-corrected chi connectivity index (χ2v) is 4.17. The Hall–Kier alpha value is -0.910. The molecule has 1 saturated carbocycles. The Morgan fingerprint density at radius 2 is 2.19 bits per heavy atom. The molecule has 2 rings (SSSR count). The molecule has 1 atom stereocenters. The van der Waals surface area contributed by atoms with Gasteiger partial charge in [0.1, 0.15) is 0 Å². The largest absolute Gasteiger partial charge is 0.350 e. The number of ether oxygens (including phenoxy) is 2. The molecular formula is C11H19N3O2. The first-order chi connectivity index (χ1) is 7.81. The van der Waals surface area contributed by atoms with E-state index < -0.39 is 0 Å². The highest BCUT2D eigenvalue weighted by molar-refractivity contribution is 5.05. The molecule has 1 fully saturated rings. The first-order valence-corrected chi connectivity index (χ1v) is 5.59. The highest BCUT2D eigenvalue weighted by Crippen LogP contribution is 2.40. The molecule has 90 valence electrons. The molecule has 1 aromatic rings. The van der Waals surface area contributed by atoms with Crippen LogP contribution in [0.1, 0.15) is 30.9 Å². The molecule has 2 N–H and O–H groups in total. The Balaban J connectivity index is 2.22. The van der Waals surface area contributed by atoms with Crippen molar-refractivity contribution in [3.63, 3.8) is 0 Å². The normalized spacial score (nSPS) is 18.0. The molecule has 1 aromatic heterocycles. The number of rotatable bonds is 6. The predicted molar refractivity (Wildman–Crippen MR) is 59.8 cm³/mol. The number of nitrogens with zero attached hydrogens (tertiary/aromatic N) is 2. The van der Waals surface area contributed by atoms with E-state index in [9.17, 15) is 0 Å². The SMILES string of the molecule is COC(OC)c1cncn1C(CN)C1CC1. The lowest BCUT2D eigenvalue weighted by Gasteiger charge is -2.22. The van der Waals surface area contributed by atoms with Crippen LogP contribution in [0.15, 0.2) is 12.5 Å². The van der Waals surface area contributed by atoms with Gasteiger partial charge in [0, 0.05) is 20.8 Å². The van der Waals surface area contributed by atoms with Crippen molar-refractivity contribution >= 4 is 0 Å². The van der Waals surface area contributed by atoms with Gasteiger partial charge < -0.3 is 19.8 Å². The van der Waals surface area contributed by atoms with Crippen LogP contribution >= 0.6 is 0 Å². The van der Waals surface area contributed by atoms with Crippen molar-refractivity contribution in [3.05, 3.63) is 18.2 Å². The lowest BCUT2D eigenvalue weighted by molar-refractivity contribution is -0.111. The molecule has 1 unspecified atom stereocenters. The van der Waals surface area contributed by atoms with Gasteiger partial charge in [0.2, 0.25) is 0 Å². The maximum absolute atomic E-state index is 5.83. The van der Waals surface area contributed by atoms with Crippen molar-refractivity contribution in [2.24, 2.45) is 11.7 Å². The Labute approximate surface area is 95.6 Å². The molecule has 16 heavy (non-hydrogen) atoms. The van der Waals surface area contributed by atoms with Crippen LogP contribution in [-0.4, -0.2) is 30.3 Å². The van der Waals surface area contributed by atoms with Crippen molar-refractivity contribution in [2.45, 2.75) is 25.2 Å². The van der Waals surface area contributed by atoms with E-state index in [-0.39, 0.29) is 6.29 Å². The average molecular weight is 225 g/mol. The third kappa shape index (κ3) is 2.11. The second kappa shape index (κ2) is 4.95. The van der Waals surface area contributed by atoms with Crippen molar-refractivity contribution in [1.82, 2.24) is 9.55 Å². The minimum atomic E-state index is -0.365. The van der Waals surface area contributed by atoms with E-state index in [1.807, 2.05) is 6.33 Å². The molecule has 5 heteroatoms. The Kier molecular flexibility index (Phi) is 3.58. The van der Waals surface area contributed by atoms with Gasteiger partial charge in [0.25, 0.3) is 0 Å². The van der Waals surface area contributed by atoms with Crippen LogP contribution in [0.3, 0.4) is 0 Å². The Bertz CT molecular complexity index is 332. The van der Waals surface area contributed by atoms with Crippen LogP contribution in [0.25, 0.3) is 0 Å². The molecule has 0 bridgehead atoms. The maximum atomic E-state index is 5.83. The fraction of sp³-hybridized carbons (Fsp3) is 0.727. The van der Waals surface area contributed by atoms with Gasteiger partial charge in [-0.25, -0.2) is 4.98 Å².